The van der Waals surface area contributed by atoms with Crippen molar-refractivity contribution in [1.29, 1.82) is 0 Å². The Morgan fingerprint density at radius 3 is 1.62 bits per heavy atom. The molecule has 6 rings (SSSR count). The first-order chi connectivity index (χ1) is 29.0. The van der Waals surface area contributed by atoms with Crippen molar-refractivity contribution in [3.05, 3.63) is 150 Å². The van der Waals surface area contributed by atoms with E-state index >= 15 is 0 Å². The molecular formula is C42H43N9O9. The molecule has 3 atom stereocenters. The third kappa shape index (κ3) is 15.4. The molecule has 0 saturated heterocycles. The van der Waals surface area contributed by atoms with E-state index in [2.05, 4.69) is 44.9 Å². The van der Waals surface area contributed by atoms with Crippen LogP contribution in [0.15, 0.2) is 131 Å². The molecule has 0 fully saturated rings. The number of nitrogens with zero attached hydrogens (tertiary/aromatic N) is 6. The zero-order valence-corrected chi connectivity index (χ0v) is 32.2. The van der Waals surface area contributed by atoms with Crippen molar-refractivity contribution in [1.82, 2.24) is 29.9 Å². The number of para-hydroxylation sites is 1. The number of imidazole rings is 3. The number of rotatable bonds is 17. The SMILES string of the molecule is COc1cc(C=NC(Cc2cnc[nH]2)C(=O)O)ccc1O.O=C(O)C(Cc1cnc[nH]1)N=C/C=C/c1ccccc1.O=C(O)C(Cc1cnc[nH]1)N=Cc1ccccc1O. The quantitative estimate of drug-likeness (QED) is 0.0584. The van der Waals surface area contributed by atoms with Crippen LogP contribution in [0.4, 0.5) is 0 Å². The Kier molecular flexibility index (Phi) is 17.7. The highest BCUT2D eigenvalue weighted by Gasteiger charge is 2.18. The predicted molar refractivity (Wildman–Crippen MR) is 223 cm³/mol. The number of methoxy groups -OCH3 is 1. The Morgan fingerprint density at radius 2 is 1.13 bits per heavy atom. The summed E-state index contributed by atoms with van der Waals surface area (Å²) in [5.74, 6) is -2.62. The van der Waals surface area contributed by atoms with E-state index in [1.54, 1.807) is 55.0 Å². The molecule has 0 amide bonds. The minimum atomic E-state index is -1.03. The second-order valence-corrected chi connectivity index (χ2v) is 12.5. The van der Waals surface area contributed by atoms with Crippen molar-refractivity contribution in [3.63, 3.8) is 0 Å². The number of aromatic hydroxyl groups is 2. The average Bonchev–Trinajstić information content (AvgIpc) is 4.07. The molecule has 0 aliphatic carbocycles. The lowest BCUT2D eigenvalue weighted by Gasteiger charge is -2.06. The van der Waals surface area contributed by atoms with Gasteiger partial charge < -0.3 is 45.2 Å². The van der Waals surface area contributed by atoms with Gasteiger partial charge in [-0.3, -0.25) is 15.0 Å². The van der Waals surface area contributed by atoms with Gasteiger partial charge in [-0.2, -0.15) is 0 Å². The number of H-pyrrole nitrogens is 3. The van der Waals surface area contributed by atoms with E-state index in [1.165, 1.54) is 56.9 Å². The number of allylic oxidation sites excluding steroid dienone is 1. The van der Waals surface area contributed by atoms with E-state index in [9.17, 15) is 29.7 Å². The lowest BCUT2D eigenvalue weighted by atomic mass is 10.1. The lowest BCUT2D eigenvalue weighted by molar-refractivity contribution is -0.139. The third-order valence-corrected chi connectivity index (χ3v) is 8.14. The Bertz CT molecular complexity index is 2330. The van der Waals surface area contributed by atoms with Gasteiger partial charge in [0.25, 0.3) is 0 Å². The fourth-order valence-electron chi connectivity index (χ4n) is 5.01. The average molecular weight is 818 g/mol. The summed E-state index contributed by atoms with van der Waals surface area (Å²) >= 11 is 0. The van der Waals surface area contributed by atoms with Crippen molar-refractivity contribution in [2.24, 2.45) is 15.0 Å². The van der Waals surface area contributed by atoms with Gasteiger partial charge in [0.1, 0.15) is 5.75 Å². The smallest absolute Gasteiger partial charge is 0.328 e. The lowest BCUT2D eigenvalue weighted by Crippen LogP contribution is -2.21. The number of hydrogen-bond acceptors (Lipinski definition) is 12. The van der Waals surface area contributed by atoms with Gasteiger partial charge in [-0.25, -0.2) is 29.3 Å². The van der Waals surface area contributed by atoms with Gasteiger partial charge in [-0.05, 0) is 47.5 Å². The summed E-state index contributed by atoms with van der Waals surface area (Å²) in [4.78, 5) is 65.6. The molecule has 0 aliphatic heterocycles. The first-order valence-corrected chi connectivity index (χ1v) is 18.1. The van der Waals surface area contributed by atoms with Crippen LogP contribution in [0.1, 0.15) is 33.8 Å². The molecule has 0 saturated carbocycles. The highest BCUT2D eigenvalue weighted by atomic mass is 16.5. The summed E-state index contributed by atoms with van der Waals surface area (Å²) in [5.41, 5.74) is 4.31. The van der Waals surface area contributed by atoms with Crippen LogP contribution in [0.25, 0.3) is 6.08 Å². The summed E-state index contributed by atoms with van der Waals surface area (Å²) in [7, 11) is 1.44. The van der Waals surface area contributed by atoms with Gasteiger partial charge in [0, 0.05) is 79.1 Å². The molecule has 0 aliphatic rings. The van der Waals surface area contributed by atoms with Crippen LogP contribution < -0.4 is 4.74 Å². The van der Waals surface area contributed by atoms with Crippen LogP contribution in [-0.2, 0) is 33.6 Å². The van der Waals surface area contributed by atoms with Gasteiger partial charge in [0.05, 0.1) is 26.1 Å². The normalized spacial score (nSPS) is 12.7. The molecule has 0 spiro atoms. The summed E-state index contributed by atoms with van der Waals surface area (Å²) in [6.45, 7) is 0. The molecule has 18 nitrogen and oxygen atoms in total. The van der Waals surface area contributed by atoms with E-state index in [-0.39, 0.29) is 24.3 Å². The van der Waals surface area contributed by atoms with Gasteiger partial charge in [-0.15, -0.1) is 0 Å². The van der Waals surface area contributed by atoms with Gasteiger partial charge in [-0.1, -0.05) is 48.5 Å². The number of carboxylic acids is 3. The van der Waals surface area contributed by atoms with Crippen LogP contribution in [0.3, 0.4) is 0 Å². The third-order valence-electron chi connectivity index (χ3n) is 8.14. The maximum Gasteiger partial charge on any atom is 0.328 e. The number of aliphatic imine (C=N–C) groups is 3. The maximum atomic E-state index is 11.2. The van der Waals surface area contributed by atoms with Gasteiger partial charge in [0.15, 0.2) is 29.6 Å². The molecule has 310 valence electrons. The van der Waals surface area contributed by atoms with E-state index in [4.69, 9.17) is 14.9 Å². The van der Waals surface area contributed by atoms with Crippen LogP contribution in [0.5, 0.6) is 17.2 Å². The number of aliphatic carboxylic acids is 3. The Labute approximate surface area is 343 Å². The summed E-state index contributed by atoms with van der Waals surface area (Å²) in [6.07, 6.45) is 17.9. The monoisotopic (exact) mass is 817 g/mol. The summed E-state index contributed by atoms with van der Waals surface area (Å²) < 4.78 is 4.98. The molecule has 60 heavy (non-hydrogen) atoms. The van der Waals surface area contributed by atoms with E-state index < -0.39 is 36.0 Å². The highest BCUT2D eigenvalue weighted by molar-refractivity contribution is 5.86. The first kappa shape index (κ1) is 44.6. The van der Waals surface area contributed by atoms with E-state index in [0.717, 1.165) is 11.3 Å². The number of carbonyl (C=O) groups is 3. The largest absolute Gasteiger partial charge is 0.507 e. The number of ether oxygens (including phenoxy) is 1. The Balaban J connectivity index is 0.000000199. The molecule has 3 aromatic carbocycles. The second-order valence-electron chi connectivity index (χ2n) is 12.5. The predicted octanol–water partition coefficient (Wildman–Crippen LogP) is 4.66. The van der Waals surface area contributed by atoms with Crippen molar-refractivity contribution in [2.45, 2.75) is 37.4 Å². The second kappa shape index (κ2) is 23.8. The van der Waals surface area contributed by atoms with Crippen LogP contribution in [0, 0.1) is 0 Å². The first-order valence-electron chi connectivity index (χ1n) is 18.1. The topological polar surface area (TPSA) is 285 Å². The van der Waals surface area contributed by atoms with E-state index in [0.29, 0.717) is 34.7 Å². The zero-order chi connectivity index (χ0) is 43.1. The zero-order valence-electron chi connectivity index (χ0n) is 32.2. The molecule has 18 heteroatoms. The minimum Gasteiger partial charge on any atom is -0.507 e. The maximum absolute atomic E-state index is 11.2. The minimum absolute atomic E-state index is 0.0156. The van der Waals surface area contributed by atoms with Gasteiger partial charge >= 0.3 is 17.9 Å². The van der Waals surface area contributed by atoms with Crippen LogP contribution >= 0.6 is 0 Å². The number of carboxylic acid groups (broad SMARTS) is 3. The number of phenols is 2. The fraction of sp³-hybridized carbons (Fsp3) is 0.167. The van der Waals surface area contributed by atoms with Crippen molar-refractivity contribution >= 4 is 42.6 Å². The summed E-state index contributed by atoms with van der Waals surface area (Å²) in [5, 5.41) is 46.5. The number of aromatic nitrogens is 6. The number of aromatic amines is 3. The molecule has 6 aromatic rings. The number of benzene rings is 3. The van der Waals surface area contributed by atoms with Crippen molar-refractivity contribution < 1.29 is 44.7 Å². The Morgan fingerprint density at radius 1 is 0.633 bits per heavy atom. The standard InChI is InChI=1S/C15H15N3O2.C14H15N3O4.C13H13N3O3/c19-15(20)14(9-13-10-16-11-18-13)17-8-4-7-12-5-2-1-3-6-12;1-21-13-4-9(2-3-12(13)18)6-16-11(14(19)20)5-10-7-15-8-17-10;17-12-4-2-1-3-9(12)6-15-11(13(18)19)5-10-7-14-8-16-10/h1-8,10-11,14H,9H2,(H,16,18)(H,19,20);2-4,6-8,11,18H,5H2,1H3,(H,15,17)(H,19,20);1-4,6-8,11,17H,5H2,(H,14,16)(H,18,19)/b7-4+,17-8?;;. The molecule has 3 heterocycles. The Hall–Kier alpha value is -8.15. The number of phenolic OH excluding ortho intramolecular Hbond substituents is 2. The molecule has 3 unspecified atom stereocenters. The summed E-state index contributed by atoms with van der Waals surface area (Å²) in [6, 6.07) is 18.4. The highest BCUT2D eigenvalue weighted by Crippen LogP contribution is 2.25. The van der Waals surface area contributed by atoms with Crippen molar-refractivity contribution in [3.8, 4) is 17.2 Å². The molecule has 3 aromatic heterocycles. The van der Waals surface area contributed by atoms with Crippen LogP contribution in [-0.4, -0.2) is 117 Å². The number of hydrogen-bond donors (Lipinski definition) is 8. The molecular weight excluding hydrogens is 775 g/mol. The molecule has 0 bridgehead atoms. The van der Waals surface area contributed by atoms with Gasteiger partial charge in [0.2, 0.25) is 0 Å². The molecule has 8 N–H and O–H groups in total. The fourth-order valence-corrected chi connectivity index (χ4v) is 5.01. The number of nitrogens with one attached hydrogen (secondary N) is 3. The van der Waals surface area contributed by atoms with E-state index in [1.807, 2.05) is 36.4 Å². The van der Waals surface area contributed by atoms with Crippen LogP contribution in [0.2, 0.25) is 0 Å². The molecule has 0 radical (unpaired) electrons. The van der Waals surface area contributed by atoms with Crippen molar-refractivity contribution in [2.75, 3.05) is 7.11 Å².